The first-order valence-corrected chi connectivity index (χ1v) is 6.99. The highest BCUT2D eigenvalue weighted by Gasteiger charge is 2.24. The number of nitrogens with zero attached hydrogens (tertiary/aromatic N) is 1. The van der Waals surface area contributed by atoms with Crippen LogP contribution in [-0.2, 0) is 4.74 Å². The predicted octanol–water partition coefficient (Wildman–Crippen LogP) is 2.84. The second-order valence-corrected chi connectivity index (χ2v) is 5.06. The number of rotatable bonds is 4. The Morgan fingerprint density at radius 3 is 2.33 bits per heavy atom. The van der Waals surface area contributed by atoms with Crippen LogP contribution < -0.4 is 0 Å². The fourth-order valence-corrected chi connectivity index (χ4v) is 2.43. The topological polar surface area (TPSA) is 49.8 Å². The molecule has 4 nitrogen and oxygen atoms in total. The third kappa shape index (κ3) is 3.06. The molecule has 0 bridgehead atoms. The van der Waals surface area contributed by atoms with Crippen molar-refractivity contribution in [3.63, 3.8) is 0 Å². The zero-order valence-corrected chi connectivity index (χ0v) is 11.6. The van der Waals surface area contributed by atoms with Gasteiger partial charge >= 0.3 is 6.09 Å². The lowest BCUT2D eigenvalue weighted by atomic mass is 10.0. The van der Waals surface area contributed by atoms with Gasteiger partial charge in [0, 0.05) is 0 Å². The Hall–Kier alpha value is -2.33. The van der Waals surface area contributed by atoms with Crippen LogP contribution in [0.4, 0.5) is 4.79 Å². The zero-order valence-electron chi connectivity index (χ0n) is 11.6. The van der Waals surface area contributed by atoms with Crippen molar-refractivity contribution >= 4 is 6.09 Å². The molecule has 0 spiro atoms. The van der Waals surface area contributed by atoms with Gasteiger partial charge in [-0.25, -0.2) is 4.79 Å². The molecule has 0 saturated carbocycles. The monoisotopic (exact) mass is 283 g/mol. The highest BCUT2D eigenvalue weighted by atomic mass is 16.6. The predicted molar refractivity (Wildman–Crippen MR) is 79.8 cm³/mol. The summed E-state index contributed by atoms with van der Waals surface area (Å²) in [6, 6.07) is 17.8. The van der Waals surface area contributed by atoms with Gasteiger partial charge in [-0.05, 0) is 16.7 Å². The minimum absolute atomic E-state index is 0.267. The van der Waals surface area contributed by atoms with Gasteiger partial charge in [-0.1, -0.05) is 54.6 Å². The quantitative estimate of drug-likeness (QED) is 0.938. The maximum absolute atomic E-state index is 11.4. The van der Waals surface area contributed by atoms with Crippen LogP contribution in [0.1, 0.15) is 11.7 Å². The molecule has 2 aromatic rings. The Balaban J connectivity index is 1.70. The lowest BCUT2D eigenvalue weighted by Crippen LogP contribution is -2.29. The van der Waals surface area contributed by atoms with Crippen molar-refractivity contribution in [3.05, 3.63) is 60.2 Å². The standard InChI is InChI=1S/C17H17NO3/c19-16(12-18-10-11-21-17(18)20)15-8-6-14(7-9-15)13-4-2-1-3-5-13/h1-9,16,19H,10-12H2. The van der Waals surface area contributed by atoms with Gasteiger partial charge in [-0.15, -0.1) is 0 Å². The van der Waals surface area contributed by atoms with E-state index in [-0.39, 0.29) is 12.6 Å². The van der Waals surface area contributed by atoms with Crippen molar-refractivity contribution in [1.82, 2.24) is 4.90 Å². The molecule has 1 saturated heterocycles. The number of ether oxygens (including phenoxy) is 1. The Bertz CT molecular complexity index is 610. The normalized spacial score (nSPS) is 15.9. The van der Waals surface area contributed by atoms with E-state index < -0.39 is 6.10 Å². The van der Waals surface area contributed by atoms with Gasteiger partial charge in [0.05, 0.1) is 19.2 Å². The van der Waals surface area contributed by atoms with Gasteiger partial charge in [-0.2, -0.15) is 0 Å². The van der Waals surface area contributed by atoms with E-state index in [9.17, 15) is 9.90 Å². The lowest BCUT2D eigenvalue weighted by molar-refractivity contribution is 0.118. The van der Waals surface area contributed by atoms with Gasteiger partial charge in [0.15, 0.2) is 0 Å². The summed E-state index contributed by atoms with van der Waals surface area (Å²) in [7, 11) is 0. The first kappa shape index (κ1) is 13.6. The van der Waals surface area contributed by atoms with Gasteiger partial charge in [0.25, 0.3) is 0 Å². The summed E-state index contributed by atoms with van der Waals surface area (Å²) >= 11 is 0. The third-order valence-corrected chi connectivity index (χ3v) is 3.64. The van der Waals surface area contributed by atoms with E-state index in [4.69, 9.17) is 4.74 Å². The number of benzene rings is 2. The summed E-state index contributed by atoms with van der Waals surface area (Å²) < 4.78 is 4.86. The van der Waals surface area contributed by atoms with E-state index >= 15 is 0 Å². The molecule has 1 fully saturated rings. The molecule has 1 aliphatic rings. The Labute approximate surface area is 123 Å². The fourth-order valence-electron chi connectivity index (χ4n) is 2.43. The Kier molecular flexibility index (Phi) is 3.88. The first-order chi connectivity index (χ1) is 10.2. The number of β-amino-alcohol motifs (C(OH)–C–C–N with tert-alkyl or cyclic N) is 1. The van der Waals surface area contributed by atoms with Crippen LogP contribution in [0.25, 0.3) is 11.1 Å². The third-order valence-electron chi connectivity index (χ3n) is 3.64. The summed E-state index contributed by atoms with van der Waals surface area (Å²) in [4.78, 5) is 12.9. The SMILES string of the molecule is O=C1OCCN1CC(O)c1ccc(-c2ccccc2)cc1. The van der Waals surface area contributed by atoms with Crippen molar-refractivity contribution in [2.24, 2.45) is 0 Å². The fraction of sp³-hybridized carbons (Fsp3) is 0.235. The van der Waals surface area contributed by atoms with Crippen molar-refractivity contribution < 1.29 is 14.6 Å². The lowest BCUT2D eigenvalue weighted by Gasteiger charge is -2.18. The molecule has 0 radical (unpaired) electrons. The summed E-state index contributed by atoms with van der Waals surface area (Å²) in [5.74, 6) is 0. The number of carbonyl (C=O) groups excluding carboxylic acids is 1. The summed E-state index contributed by atoms with van der Waals surface area (Å²) in [5, 5.41) is 10.2. The summed E-state index contributed by atoms with van der Waals surface area (Å²) in [6.07, 6.45) is -1.05. The number of cyclic esters (lactones) is 1. The molecule has 108 valence electrons. The molecule has 1 aliphatic heterocycles. The van der Waals surface area contributed by atoms with Crippen LogP contribution in [0, 0.1) is 0 Å². The van der Waals surface area contributed by atoms with Crippen LogP contribution in [0.3, 0.4) is 0 Å². The number of hydrogen-bond donors (Lipinski definition) is 1. The van der Waals surface area contributed by atoms with Crippen LogP contribution >= 0.6 is 0 Å². The van der Waals surface area contributed by atoms with E-state index in [1.807, 2.05) is 54.6 Å². The largest absolute Gasteiger partial charge is 0.448 e. The second-order valence-electron chi connectivity index (χ2n) is 5.06. The molecule has 2 aromatic carbocycles. The molecule has 1 atom stereocenters. The first-order valence-electron chi connectivity index (χ1n) is 6.99. The van der Waals surface area contributed by atoms with Crippen molar-refractivity contribution in [3.8, 4) is 11.1 Å². The summed E-state index contributed by atoms with van der Waals surface area (Å²) in [5.41, 5.74) is 3.04. The average molecular weight is 283 g/mol. The Morgan fingerprint density at radius 1 is 1.05 bits per heavy atom. The number of aliphatic hydroxyl groups excluding tert-OH is 1. The molecule has 0 aromatic heterocycles. The molecule has 21 heavy (non-hydrogen) atoms. The molecule has 1 N–H and O–H groups in total. The average Bonchev–Trinajstić information content (AvgIpc) is 2.93. The minimum Gasteiger partial charge on any atom is -0.448 e. The van der Waals surface area contributed by atoms with Crippen LogP contribution in [0.5, 0.6) is 0 Å². The minimum atomic E-state index is -0.694. The molecular formula is C17H17NO3. The van der Waals surface area contributed by atoms with E-state index in [2.05, 4.69) is 0 Å². The maximum Gasteiger partial charge on any atom is 0.410 e. The van der Waals surface area contributed by atoms with Crippen LogP contribution in [-0.4, -0.2) is 35.8 Å². The van der Waals surface area contributed by atoms with Crippen molar-refractivity contribution in [2.45, 2.75) is 6.10 Å². The highest BCUT2D eigenvalue weighted by Crippen LogP contribution is 2.22. The van der Waals surface area contributed by atoms with Gasteiger partial charge in [0.2, 0.25) is 0 Å². The zero-order chi connectivity index (χ0) is 14.7. The molecule has 1 heterocycles. The van der Waals surface area contributed by atoms with E-state index in [1.165, 1.54) is 4.90 Å². The molecule has 1 amide bonds. The second kappa shape index (κ2) is 5.97. The van der Waals surface area contributed by atoms with Crippen molar-refractivity contribution in [2.75, 3.05) is 19.7 Å². The molecule has 4 heteroatoms. The van der Waals surface area contributed by atoms with Gasteiger partial charge in [0.1, 0.15) is 6.61 Å². The molecular weight excluding hydrogens is 266 g/mol. The van der Waals surface area contributed by atoms with E-state index in [1.54, 1.807) is 0 Å². The van der Waals surface area contributed by atoms with Crippen molar-refractivity contribution in [1.29, 1.82) is 0 Å². The number of carbonyl (C=O) groups is 1. The highest BCUT2D eigenvalue weighted by molar-refractivity contribution is 5.69. The molecule has 1 unspecified atom stereocenters. The van der Waals surface area contributed by atoms with Crippen LogP contribution in [0.2, 0.25) is 0 Å². The van der Waals surface area contributed by atoms with E-state index in [0.717, 1.165) is 16.7 Å². The number of aliphatic hydroxyl groups is 1. The van der Waals surface area contributed by atoms with Gasteiger partial charge in [-0.3, -0.25) is 0 Å². The summed E-state index contributed by atoms with van der Waals surface area (Å²) in [6.45, 7) is 1.21. The molecule has 0 aliphatic carbocycles. The number of hydrogen-bond acceptors (Lipinski definition) is 3. The molecule has 3 rings (SSSR count). The van der Waals surface area contributed by atoms with E-state index in [0.29, 0.717) is 13.2 Å². The maximum atomic E-state index is 11.4. The smallest absolute Gasteiger partial charge is 0.410 e. The van der Waals surface area contributed by atoms with Gasteiger partial charge < -0.3 is 14.7 Å². The van der Waals surface area contributed by atoms with Crippen LogP contribution in [0.15, 0.2) is 54.6 Å². The number of amides is 1. The Morgan fingerprint density at radius 2 is 1.71 bits per heavy atom.